The van der Waals surface area contributed by atoms with E-state index < -0.39 is 0 Å². The van der Waals surface area contributed by atoms with Gasteiger partial charge in [0.1, 0.15) is 0 Å². The Hall–Kier alpha value is -1.26. The molecule has 0 atom stereocenters. The van der Waals surface area contributed by atoms with Gasteiger partial charge in [-0.3, -0.25) is 4.79 Å². The Kier molecular flexibility index (Phi) is 5.95. The smallest absolute Gasteiger partial charge is 0.253 e. The summed E-state index contributed by atoms with van der Waals surface area (Å²) >= 11 is 5.77. The maximum atomic E-state index is 11.8. The summed E-state index contributed by atoms with van der Waals surface area (Å²) in [4.78, 5) is 11.8. The van der Waals surface area contributed by atoms with Crippen LogP contribution < -0.4 is 11.1 Å². The SMILES string of the molecule is CC(C)COCCNC(=O)c1ccc(Cl)cc1N. The molecule has 0 fully saturated rings. The van der Waals surface area contributed by atoms with Crippen molar-refractivity contribution in [3.8, 4) is 0 Å². The molecule has 5 heteroatoms. The highest BCUT2D eigenvalue weighted by Crippen LogP contribution is 2.17. The Labute approximate surface area is 112 Å². The largest absolute Gasteiger partial charge is 0.398 e. The third kappa shape index (κ3) is 4.94. The van der Waals surface area contributed by atoms with Crippen molar-refractivity contribution in [1.82, 2.24) is 5.32 Å². The van der Waals surface area contributed by atoms with Crippen molar-refractivity contribution < 1.29 is 9.53 Å². The second-order valence-electron chi connectivity index (χ2n) is 4.46. The third-order valence-electron chi connectivity index (χ3n) is 2.24. The van der Waals surface area contributed by atoms with Crippen LogP contribution in [0.1, 0.15) is 24.2 Å². The second-order valence-corrected chi connectivity index (χ2v) is 4.89. The first-order valence-electron chi connectivity index (χ1n) is 5.91. The molecule has 0 aliphatic heterocycles. The van der Waals surface area contributed by atoms with E-state index in [4.69, 9.17) is 22.1 Å². The third-order valence-corrected chi connectivity index (χ3v) is 2.48. The van der Waals surface area contributed by atoms with E-state index in [1.807, 2.05) is 0 Å². The van der Waals surface area contributed by atoms with Crippen molar-refractivity contribution in [2.75, 3.05) is 25.5 Å². The molecule has 0 saturated heterocycles. The highest BCUT2D eigenvalue weighted by molar-refractivity contribution is 6.31. The second kappa shape index (κ2) is 7.24. The fourth-order valence-corrected chi connectivity index (χ4v) is 1.57. The van der Waals surface area contributed by atoms with Crippen LogP contribution >= 0.6 is 11.6 Å². The van der Waals surface area contributed by atoms with Crippen LogP contribution in [-0.4, -0.2) is 25.7 Å². The summed E-state index contributed by atoms with van der Waals surface area (Å²) in [5, 5.41) is 3.26. The molecule has 1 aromatic carbocycles. The maximum absolute atomic E-state index is 11.8. The molecule has 1 rings (SSSR count). The van der Waals surface area contributed by atoms with E-state index >= 15 is 0 Å². The van der Waals surface area contributed by atoms with Crippen LogP contribution in [0.15, 0.2) is 18.2 Å². The van der Waals surface area contributed by atoms with Gasteiger partial charge in [-0.25, -0.2) is 0 Å². The lowest BCUT2D eigenvalue weighted by molar-refractivity contribution is 0.0887. The maximum Gasteiger partial charge on any atom is 0.253 e. The number of anilines is 1. The molecule has 0 bridgehead atoms. The molecule has 0 aromatic heterocycles. The van der Waals surface area contributed by atoms with E-state index in [0.717, 1.165) is 0 Å². The Morgan fingerprint density at radius 2 is 2.22 bits per heavy atom. The van der Waals surface area contributed by atoms with Crippen LogP contribution in [0.3, 0.4) is 0 Å². The zero-order chi connectivity index (χ0) is 13.5. The topological polar surface area (TPSA) is 64.3 Å². The quantitative estimate of drug-likeness (QED) is 0.616. The molecular weight excluding hydrogens is 252 g/mol. The summed E-state index contributed by atoms with van der Waals surface area (Å²) in [7, 11) is 0. The minimum absolute atomic E-state index is 0.211. The van der Waals surface area contributed by atoms with Gasteiger partial charge in [-0.15, -0.1) is 0 Å². The minimum atomic E-state index is -0.211. The number of rotatable bonds is 6. The van der Waals surface area contributed by atoms with Crippen molar-refractivity contribution in [1.29, 1.82) is 0 Å². The molecule has 4 nitrogen and oxygen atoms in total. The number of hydrogen-bond acceptors (Lipinski definition) is 3. The van der Waals surface area contributed by atoms with Gasteiger partial charge in [0.05, 0.1) is 12.2 Å². The Morgan fingerprint density at radius 3 is 2.83 bits per heavy atom. The molecule has 0 aliphatic rings. The summed E-state index contributed by atoms with van der Waals surface area (Å²) in [5.74, 6) is 0.282. The first-order valence-corrected chi connectivity index (χ1v) is 6.29. The predicted molar refractivity (Wildman–Crippen MR) is 73.9 cm³/mol. The standard InChI is InChI=1S/C13H19ClN2O2/c1-9(2)8-18-6-5-16-13(17)11-4-3-10(14)7-12(11)15/h3-4,7,9H,5-6,8,15H2,1-2H3,(H,16,17). The summed E-state index contributed by atoms with van der Waals surface area (Å²) in [5.41, 5.74) is 6.53. The van der Waals surface area contributed by atoms with E-state index in [2.05, 4.69) is 19.2 Å². The van der Waals surface area contributed by atoms with Crippen LogP contribution in [0.5, 0.6) is 0 Å². The lowest BCUT2D eigenvalue weighted by Gasteiger charge is -2.09. The van der Waals surface area contributed by atoms with Crippen LogP contribution in [0.2, 0.25) is 5.02 Å². The molecule has 3 N–H and O–H groups in total. The Bertz CT molecular complexity index is 408. The molecule has 100 valence electrons. The first-order chi connectivity index (χ1) is 8.50. The van der Waals surface area contributed by atoms with Gasteiger partial charge >= 0.3 is 0 Å². The van der Waals surface area contributed by atoms with Crippen molar-refractivity contribution in [2.45, 2.75) is 13.8 Å². The average molecular weight is 271 g/mol. The van der Waals surface area contributed by atoms with Crippen LogP contribution in [0.4, 0.5) is 5.69 Å². The normalized spacial score (nSPS) is 10.7. The number of nitrogen functional groups attached to an aromatic ring is 1. The van der Waals surface area contributed by atoms with Crippen LogP contribution in [0, 0.1) is 5.92 Å². The number of carbonyl (C=O) groups excluding carboxylic acids is 1. The van der Waals surface area contributed by atoms with E-state index in [1.165, 1.54) is 0 Å². The number of benzene rings is 1. The number of amides is 1. The number of carbonyl (C=O) groups is 1. The molecular formula is C13H19ClN2O2. The number of nitrogens with two attached hydrogens (primary N) is 1. The average Bonchev–Trinajstić information content (AvgIpc) is 2.27. The first kappa shape index (κ1) is 14.8. The fraction of sp³-hybridized carbons (Fsp3) is 0.462. The van der Waals surface area contributed by atoms with Crippen molar-refractivity contribution in [2.24, 2.45) is 5.92 Å². The lowest BCUT2D eigenvalue weighted by atomic mass is 10.1. The number of halogens is 1. The summed E-state index contributed by atoms with van der Waals surface area (Å²) in [6.45, 7) is 5.81. The van der Waals surface area contributed by atoms with Crippen molar-refractivity contribution in [3.05, 3.63) is 28.8 Å². The highest BCUT2D eigenvalue weighted by Gasteiger charge is 2.09. The lowest BCUT2D eigenvalue weighted by Crippen LogP contribution is -2.28. The van der Waals surface area contributed by atoms with Gasteiger partial charge in [-0.2, -0.15) is 0 Å². The molecule has 0 heterocycles. The molecule has 0 unspecified atom stereocenters. The van der Waals surface area contributed by atoms with Gasteiger partial charge in [0.15, 0.2) is 0 Å². The zero-order valence-corrected chi connectivity index (χ0v) is 11.5. The molecule has 18 heavy (non-hydrogen) atoms. The molecule has 1 amide bonds. The van der Waals surface area contributed by atoms with Crippen molar-refractivity contribution >= 4 is 23.2 Å². The summed E-state index contributed by atoms with van der Waals surface area (Å²) < 4.78 is 5.36. The molecule has 1 aromatic rings. The van der Waals surface area contributed by atoms with E-state index in [-0.39, 0.29) is 5.91 Å². The highest BCUT2D eigenvalue weighted by atomic mass is 35.5. The van der Waals surface area contributed by atoms with E-state index in [0.29, 0.717) is 41.9 Å². The van der Waals surface area contributed by atoms with Crippen LogP contribution in [-0.2, 0) is 4.74 Å². The zero-order valence-electron chi connectivity index (χ0n) is 10.7. The van der Waals surface area contributed by atoms with Gasteiger partial charge in [-0.1, -0.05) is 25.4 Å². The van der Waals surface area contributed by atoms with Gasteiger partial charge in [0, 0.05) is 23.9 Å². The van der Waals surface area contributed by atoms with Gasteiger partial charge < -0.3 is 15.8 Å². The van der Waals surface area contributed by atoms with E-state index in [1.54, 1.807) is 18.2 Å². The number of nitrogens with one attached hydrogen (secondary N) is 1. The summed E-state index contributed by atoms with van der Waals surface area (Å²) in [6, 6.07) is 4.82. The molecule has 0 saturated carbocycles. The Balaban J connectivity index is 2.36. The molecule has 0 aliphatic carbocycles. The van der Waals surface area contributed by atoms with E-state index in [9.17, 15) is 4.79 Å². The predicted octanol–water partition coefficient (Wildman–Crippen LogP) is 2.32. The molecule has 0 spiro atoms. The van der Waals surface area contributed by atoms with Gasteiger partial charge in [0.25, 0.3) is 5.91 Å². The number of hydrogen-bond donors (Lipinski definition) is 2. The van der Waals surface area contributed by atoms with Gasteiger partial charge in [0.2, 0.25) is 0 Å². The fourth-order valence-electron chi connectivity index (χ4n) is 1.39. The molecule has 0 radical (unpaired) electrons. The monoisotopic (exact) mass is 270 g/mol. The number of ether oxygens (including phenoxy) is 1. The van der Waals surface area contributed by atoms with Crippen LogP contribution in [0.25, 0.3) is 0 Å². The minimum Gasteiger partial charge on any atom is -0.398 e. The summed E-state index contributed by atoms with van der Waals surface area (Å²) in [6.07, 6.45) is 0. The van der Waals surface area contributed by atoms with Gasteiger partial charge in [-0.05, 0) is 24.1 Å². The van der Waals surface area contributed by atoms with Crippen molar-refractivity contribution in [3.63, 3.8) is 0 Å². The Morgan fingerprint density at radius 1 is 1.50 bits per heavy atom.